The maximum atomic E-state index is 11.3. The standard InChI is InChI=1S/C8H7N3O4/c12-6-3-7(13)11(8(14)10-6)4-5-1-2-9-15-5/h1-3,13H,4H2,(H,10,12,14). The fourth-order valence-corrected chi connectivity index (χ4v) is 1.14. The van der Waals surface area contributed by atoms with Crippen LogP contribution in [-0.4, -0.2) is 19.8 Å². The molecule has 2 rings (SSSR count). The average Bonchev–Trinajstić information content (AvgIpc) is 2.63. The van der Waals surface area contributed by atoms with Crippen LogP contribution < -0.4 is 11.2 Å². The van der Waals surface area contributed by atoms with Gasteiger partial charge in [-0.15, -0.1) is 0 Å². The van der Waals surface area contributed by atoms with Gasteiger partial charge in [-0.3, -0.25) is 14.3 Å². The molecule has 7 heteroatoms. The molecule has 0 fully saturated rings. The third kappa shape index (κ3) is 1.80. The fraction of sp³-hybridized carbons (Fsp3) is 0.125. The van der Waals surface area contributed by atoms with E-state index in [0.717, 1.165) is 10.6 Å². The molecule has 78 valence electrons. The number of nitrogens with one attached hydrogen (secondary N) is 1. The Balaban J connectivity index is 2.45. The molecule has 0 atom stereocenters. The molecule has 0 aliphatic rings. The van der Waals surface area contributed by atoms with Crippen molar-refractivity contribution in [3.63, 3.8) is 0 Å². The van der Waals surface area contributed by atoms with Gasteiger partial charge in [0.25, 0.3) is 5.56 Å². The Morgan fingerprint density at radius 3 is 2.93 bits per heavy atom. The summed E-state index contributed by atoms with van der Waals surface area (Å²) in [4.78, 5) is 24.1. The van der Waals surface area contributed by atoms with E-state index in [2.05, 4.69) is 5.16 Å². The zero-order valence-corrected chi connectivity index (χ0v) is 7.51. The highest BCUT2D eigenvalue weighted by Gasteiger charge is 2.07. The maximum Gasteiger partial charge on any atom is 0.331 e. The summed E-state index contributed by atoms with van der Waals surface area (Å²) in [5.74, 6) is -0.0143. The molecule has 2 aromatic heterocycles. The van der Waals surface area contributed by atoms with E-state index in [9.17, 15) is 14.7 Å². The lowest BCUT2D eigenvalue weighted by molar-refractivity contribution is 0.354. The first kappa shape index (κ1) is 9.25. The molecule has 15 heavy (non-hydrogen) atoms. The fourth-order valence-electron chi connectivity index (χ4n) is 1.14. The molecule has 2 N–H and O–H groups in total. The van der Waals surface area contributed by atoms with E-state index in [1.807, 2.05) is 4.98 Å². The zero-order valence-electron chi connectivity index (χ0n) is 7.51. The summed E-state index contributed by atoms with van der Waals surface area (Å²) in [5, 5.41) is 12.8. The summed E-state index contributed by atoms with van der Waals surface area (Å²) in [6.07, 6.45) is 1.42. The lowest BCUT2D eigenvalue weighted by Crippen LogP contribution is -2.29. The van der Waals surface area contributed by atoms with E-state index in [4.69, 9.17) is 4.52 Å². The smallest absolute Gasteiger partial charge is 0.331 e. The van der Waals surface area contributed by atoms with Gasteiger partial charge in [0.15, 0.2) is 5.76 Å². The Hall–Kier alpha value is -2.31. The molecule has 0 radical (unpaired) electrons. The Kier molecular flexibility index (Phi) is 2.13. The molecule has 0 spiro atoms. The summed E-state index contributed by atoms with van der Waals surface area (Å²) in [5.41, 5.74) is -1.34. The minimum atomic E-state index is -0.698. The molecule has 7 nitrogen and oxygen atoms in total. The highest BCUT2D eigenvalue weighted by molar-refractivity contribution is 5.08. The number of H-pyrrole nitrogens is 1. The topological polar surface area (TPSA) is 101 Å². The molecule has 0 aliphatic heterocycles. The van der Waals surface area contributed by atoms with Crippen LogP contribution in [0.5, 0.6) is 5.88 Å². The van der Waals surface area contributed by atoms with Crippen LogP contribution in [0.1, 0.15) is 5.76 Å². The van der Waals surface area contributed by atoms with E-state index >= 15 is 0 Å². The summed E-state index contributed by atoms with van der Waals surface area (Å²) in [6.45, 7) is 0.0153. The molecule has 0 saturated carbocycles. The number of rotatable bonds is 2. The van der Waals surface area contributed by atoms with Gasteiger partial charge in [0.2, 0.25) is 5.88 Å². The van der Waals surface area contributed by atoms with Crippen molar-refractivity contribution in [2.24, 2.45) is 0 Å². The van der Waals surface area contributed by atoms with Crippen LogP contribution in [0.25, 0.3) is 0 Å². The second kappa shape index (κ2) is 3.45. The maximum absolute atomic E-state index is 11.3. The minimum Gasteiger partial charge on any atom is -0.494 e. The van der Waals surface area contributed by atoms with Gasteiger partial charge in [-0.05, 0) is 0 Å². The second-order valence-corrected chi connectivity index (χ2v) is 2.86. The summed E-state index contributed by atoms with van der Waals surface area (Å²) >= 11 is 0. The summed E-state index contributed by atoms with van der Waals surface area (Å²) in [6, 6.07) is 2.47. The number of hydrogen-bond donors (Lipinski definition) is 2. The predicted octanol–water partition coefficient (Wildman–Crippen LogP) is -0.722. The van der Waals surface area contributed by atoms with Crippen LogP contribution in [-0.2, 0) is 6.54 Å². The average molecular weight is 209 g/mol. The number of aromatic hydroxyl groups is 1. The van der Waals surface area contributed by atoms with Gasteiger partial charge in [-0.25, -0.2) is 4.79 Å². The molecule has 0 bridgehead atoms. The van der Waals surface area contributed by atoms with E-state index < -0.39 is 17.1 Å². The number of hydrogen-bond acceptors (Lipinski definition) is 5. The van der Waals surface area contributed by atoms with Gasteiger partial charge in [-0.1, -0.05) is 5.16 Å². The monoisotopic (exact) mass is 209 g/mol. The summed E-state index contributed by atoms with van der Waals surface area (Å²) in [7, 11) is 0. The molecule has 2 aromatic rings. The van der Waals surface area contributed by atoms with Crippen LogP contribution in [0.4, 0.5) is 0 Å². The highest BCUT2D eigenvalue weighted by atomic mass is 16.5. The van der Waals surface area contributed by atoms with Crippen molar-refractivity contribution in [3.8, 4) is 5.88 Å². The Bertz CT molecular complexity index is 566. The summed E-state index contributed by atoms with van der Waals surface area (Å²) < 4.78 is 5.73. The van der Waals surface area contributed by atoms with Gasteiger partial charge < -0.3 is 9.63 Å². The first-order chi connectivity index (χ1) is 7.16. The van der Waals surface area contributed by atoms with E-state index in [1.165, 1.54) is 6.20 Å². The normalized spacial score (nSPS) is 10.4. The van der Waals surface area contributed by atoms with Gasteiger partial charge >= 0.3 is 5.69 Å². The van der Waals surface area contributed by atoms with E-state index in [0.29, 0.717) is 5.76 Å². The quantitative estimate of drug-likeness (QED) is 0.679. The Labute approximate surface area is 82.6 Å². The van der Waals surface area contributed by atoms with Crippen molar-refractivity contribution < 1.29 is 9.63 Å². The van der Waals surface area contributed by atoms with Crippen molar-refractivity contribution in [2.45, 2.75) is 6.54 Å². The van der Waals surface area contributed by atoms with Crippen molar-refractivity contribution in [3.05, 3.63) is 44.9 Å². The van der Waals surface area contributed by atoms with E-state index in [1.54, 1.807) is 6.07 Å². The molecule has 0 amide bonds. The predicted molar refractivity (Wildman–Crippen MR) is 48.6 cm³/mol. The van der Waals surface area contributed by atoms with Crippen molar-refractivity contribution in [1.82, 2.24) is 14.7 Å². The molecule has 0 unspecified atom stereocenters. The molecule has 0 aliphatic carbocycles. The Morgan fingerprint density at radius 2 is 2.33 bits per heavy atom. The van der Waals surface area contributed by atoms with Gasteiger partial charge in [0.05, 0.1) is 18.8 Å². The number of aromatic amines is 1. The van der Waals surface area contributed by atoms with Crippen LogP contribution in [0, 0.1) is 0 Å². The zero-order chi connectivity index (χ0) is 10.8. The first-order valence-corrected chi connectivity index (χ1v) is 4.09. The third-order valence-corrected chi connectivity index (χ3v) is 1.82. The highest BCUT2D eigenvalue weighted by Crippen LogP contribution is 2.05. The first-order valence-electron chi connectivity index (χ1n) is 4.09. The van der Waals surface area contributed by atoms with Crippen LogP contribution in [0.3, 0.4) is 0 Å². The molecular weight excluding hydrogens is 202 g/mol. The van der Waals surface area contributed by atoms with Crippen molar-refractivity contribution >= 4 is 0 Å². The van der Waals surface area contributed by atoms with Gasteiger partial charge in [0, 0.05) is 6.07 Å². The van der Waals surface area contributed by atoms with Gasteiger partial charge in [0.1, 0.15) is 0 Å². The van der Waals surface area contributed by atoms with Gasteiger partial charge in [-0.2, -0.15) is 0 Å². The van der Waals surface area contributed by atoms with Crippen LogP contribution in [0.2, 0.25) is 0 Å². The molecule has 0 aromatic carbocycles. The molecule has 0 saturated heterocycles. The number of nitrogens with zero attached hydrogens (tertiary/aromatic N) is 2. The lowest BCUT2D eigenvalue weighted by atomic mass is 10.4. The Morgan fingerprint density at radius 1 is 1.53 bits per heavy atom. The van der Waals surface area contributed by atoms with Crippen molar-refractivity contribution in [1.29, 1.82) is 0 Å². The minimum absolute atomic E-state index is 0.0153. The largest absolute Gasteiger partial charge is 0.494 e. The second-order valence-electron chi connectivity index (χ2n) is 2.86. The third-order valence-electron chi connectivity index (χ3n) is 1.82. The molecule has 2 heterocycles. The van der Waals surface area contributed by atoms with E-state index in [-0.39, 0.29) is 6.54 Å². The molecular formula is C8H7N3O4. The number of aromatic nitrogens is 3. The van der Waals surface area contributed by atoms with Crippen LogP contribution in [0.15, 0.2) is 32.4 Å². The SMILES string of the molecule is O=c1cc(O)n(Cc2ccno2)c(=O)[nH]1. The van der Waals surface area contributed by atoms with Crippen molar-refractivity contribution in [2.75, 3.05) is 0 Å². The lowest BCUT2D eigenvalue weighted by Gasteiger charge is -2.03. The van der Waals surface area contributed by atoms with Crippen LogP contribution >= 0.6 is 0 Å².